The lowest BCUT2D eigenvalue weighted by atomic mass is 10.5. The monoisotopic (exact) mass is 96.0 g/mol. The Morgan fingerprint density at radius 3 is 2.57 bits per heavy atom. The molecule has 0 bridgehead atoms. The van der Waals surface area contributed by atoms with Crippen molar-refractivity contribution >= 4 is 5.91 Å². The summed E-state index contributed by atoms with van der Waals surface area (Å²) < 4.78 is 0. The summed E-state index contributed by atoms with van der Waals surface area (Å²) in [5, 5.41) is 0. The minimum Gasteiger partial charge on any atom is -0.196 e. The van der Waals surface area contributed by atoms with E-state index in [0.29, 0.717) is 0 Å². The highest BCUT2D eigenvalue weighted by atomic mass is 16.1. The highest BCUT2D eigenvalue weighted by Crippen LogP contribution is 1.74. The van der Waals surface area contributed by atoms with E-state index in [-0.39, 0.29) is 0 Å². The van der Waals surface area contributed by atoms with Gasteiger partial charge in [0.1, 0.15) is 0 Å². The first-order valence-electron chi connectivity index (χ1n) is 1.89. The van der Waals surface area contributed by atoms with E-state index in [9.17, 15) is 4.79 Å². The van der Waals surface area contributed by atoms with Crippen molar-refractivity contribution < 1.29 is 4.79 Å². The smallest absolute Gasteiger partial charge is 0.196 e. The maximum atomic E-state index is 10.0. The van der Waals surface area contributed by atoms with Crippen molar-refractivity contribution in [3.05, 3.63) is 17.0 Å². The molecule has 0 aromatic heterocycles. The summed E-state index contributed by atoms with van der Waals surface area (Å²) in [6, 6.07) is 0. The molecule has 0 heterocycles. The molecule has 0 radical (unpaired) electrons. The maximum Gasteiger partial charge on any atom is 0.539 e. The molecule has 36 valence electrons. The molecule has 0 saturated heterocycles. The van der Waals surface area contributed by atoms with Crippen LogP contribution in [0.4, 0.5) is 0 Å². The largest absolute Gasteiger partial charge is 0.539 e. The molecule has 7 heavy (non-hydrogen) atoms. The number of carbonyl (C=O) groups is 1. The molecule has 0 fully saturated rings. The van der Waals surface area contributed by atoms with Gasteiger partial charge in [-0.05, 0) is 6.92 Å². The third-order valence-electron chi connectivity index (χ3n) is 0.436. The molecular weight excluding hydrogens is 90.1 g/mol. The zero-order valence-electron chi connectivity index (χ0n) is 4.09. The summed E-state index contributed by atoms with van der Waals surface area (Å²) in [4.78, 5) is 12.9. The van der Waals surface area contributed by atoms with Crippen LogP contribution in [0.3, 0.4) is 0 Å². The van der Waals surface area contributed by atoms with Crippen LogP contribution < -0.4 is 0 Å². The van der Waals surface area contributed by atoms with E-state index in [4.69, 9.17) is 0 Å². The highest BCUT2D eigenvalue weighted by molar-refractivity contribution is 5.96. The van der Waals surface area contributed by atoms with E-state index >= 15 is 0 Å². The second kappa shape index (κ2) is 3.10. The lowest BCUT2D eigenvalue weighted by Gasteiger charge is -1.55. The van der Waals surface area contributed by atoms with E-state index < -0.39 is 5.91 Å². The molecule has 1 amide bonds. The zero-order valence-corrected chi connectivity index (χ0v) is 4.09. The molecule has 2 nitrogen and oxygen atoms in total. The SMILES string of the molecule is C#[N+]C(=O)/C=C/C. The number of nitrogens with zero attached hydrogens (tertiary/aromatic N) is 1. The van der Waals surface area contributed by atoms with Crippen LogP contribution in [0.25, 0.3) is 4.85 Å². The van der Waals surface area contributed by atoms with Crippen molar-refractivity contribution in [2.45, 2.75) is 6.92 Å². The van der Waals surface area contributed by atoms with Crippen LogP contribution >= 0.6 is 0 Å². The topological polar surface area (TPSA) is 21.4 Å². The molecular formula is C5H6NO+. The van der Waals surface area contributed by atoms with Crippen molar-refractivity contribution in [1.29, 1.82) is 0 Å². The number of carbonyl (C=O) groups excluding carboxylic acids is 1. The van der Waals surface area contributed by atoms with Gasteiger partial charge in [-0.15, -0.1) is 0 Å². The highest BCUT2D eigenvalue weighted by Gasteiger charge is 1.97. The van der Waals surface area contributed by atoms with E-state index in [1.807, 2.05) is 0 Å². The van der Waals surface area contributed by atoms with E-state index in [1.165, 1.54) is 6.08 Å². The van der Waals surface area contributed by atoms with E-state index in [1.54, 1.807) is 13.0 Å². The third-order valence-corrected chi connectivity index (χ3v) is 0.436. The second-order valence-electron chi connectivity index (χ2n) is 0.967. The summed E-state index contributed by atoms with van der Waals surface area (Å²) in [7, 11) is 0. The summed E-state index contributed by atoms with van der Waals surface area (Å²) >= 11 is 0. The molecule has 0 aromatic rings. The fraction of sp³-hybridized carbons (Fsp3) is 0.200. The summed E-state index contributed by atoms with van der Waals surface area (Å²) in [6.07, 6.45) is 2.87. The van der Waals surface area contributed by atoms with Gasteiger partial charge < -0.3 is 0 Å². The zero-order chi connectivity index (χ0) is 5.70. The number of hydrogen-bond acceptors (Lipinski definition) is 1. The number of hydrogen-bond donors (Lipinski definition) is 0. The Labute approximate surface area is 42.3 Å². The molecule has 0 spiro atoms. The van der Waals surface area contributed by atoms with Gasteiger partial charge in [0.25, 0.3) is 6.57 Å². The van der Waals surface area contributed by atoms with Gasteiger partial charge in [-0.3, -0.25) is 0 Å². The molecule has 0 aliphatic carbocycles. The van der Waals surface area contributed by atoms with Crippen LogP contribution in [0.1, 0.15) is 6.92 Å². The molecule has 0 aliphatic heterocycles. The van der Waals surface area contributed by atoms with Crippen molar-refractivity contribution in [2.75, 3.05) is 0 Å². The normalized spacial score (nSPS) is 8.57. The Kier molecular flexibility index (Phi) is 2.62. The second-order valence-corrected chi connectivity index (χ2v) is 0.967. The fourth-order valence-corrected chi connectivity index (χ4v) is 0.186. The van der Waals surface area contributed by atoms with Gasteiger partial charge >= 0.3 is 5.91 Å². The lowest BCUT2D eigenvalue weighted by molar-refractivity contribution is -0.110. The van der Waals surface area contributed by atoms with Crippen LogP contribution in [0.5, 0.6) is 0 Å². The van der Waals surface area contributed by atoms with Gasteiger partial charge in [-0.25, -0.2) is 0 Å². The third kappa shape index (κ3) is 2.71. The molecule has 0 rings (SSSR count). The predicted octanol–water partition coefficient (Wildman–Crippen LogP) is 1.05. The first kappa shape index (κ1) is 5.90. The van der Waals surface area contributed by atoms with Crippen LogP contribution in [0, 0.1) is 6.57 Å². The van der Waals surface area contributed by atoms with E-state index in [0.717, 1.165) is 0 Å². The van der Waals surface area contributed by atoms with Crippen molar-refractivity contribution in [1.82, 2.24) is 0 Å². The predicted molar refractivity (Wildman–Crippen MR) is 28.1 cm³/mol. The van der Waals surface area contributed by atoms with Gasteiger partial charge in [0, 0.05) is 4.85 Å². The average Bonchev–Trinajstić information content (AvgIpc) is 1.68. The van der Waals surface area contributed by atoms with Crippen LogP contribution in [-0.2, 0) is 4.79 Å². The minimum absolute atomic E-state index is 0.400. The van der Waals surface area contributed by atoms with Gasteiger partial charge in [-0.1, -0.05) is 6.08 Å². The fourth-order valence-electron chi connectivity index (χ4n) is 0.186. The van der Waals surface area contributed by atoms with Crippen molar-refractivity contribution in [3.8, 4) is 6.57 Å². The summed E-state index contributed by atoms with van der Waals surface area (Å²) in [5.74, 6) is -0.400. The Hall–Kier alpha value is -1.10. The lowest BCUT2D eigenvalue weighted by Crippen LogP contribution is -1.76. The molecule has 0 unspecified atom stereocenters. The Bertz CT molecular complexity index is 130. The minimum atomic E-state index is -0.400. The quantitative estimate of drug-likeness (QED) is 0.447. The Morgan fingerprint density at radius 2 is 2.43 bits per heavy atom. The molecule has 0 N–H and O–H groups in total. The maximum absolute atomic E-state index is 10.0. The Morgan fingerprint density at radius 1 is 1.86 bits per heavy atom. The molecule has 0 aromatic carbocycles. The van der Waals surface area contributed by atoms with Gasteiger partial charge in [0.15, 0.2) is 0 Å². The number of allylic oxidation sites excluding steroid dienone is 1. The van der Waals surface area contributed by atoms with Crippen molar-refractivity contribution in [3.63, 3.8) is 0 Å². The van der Waals surface area contributed by atoms with Gasteiger partial charge in [-0.2, -0.15) is 4.79 Å². The van der Waals surface area contributed by atoms with Crippen LogP contribution in [0.2, 0.25) is 0 Å². The average molecular weight is 96.1 g/mol. The summed E-state index contributed by atoms with van der Waals surface area (Å²) in [6.45, 7) is 6.31. The number of rotatable bonds is 1. The summed E-state index contributed by atoms with van der Waals surface area (Å²) in [5.41, 5.74) is 0. The van der Waals surface area contributed by atoms with Gasteiger partial charge in [0.2, 0.25) is 0 Å². The van der Waals surface area contributed by atoms with Crippen LogP contribution in [0.15, 0.2) is 12.2 Å². The van der Waals surface area contributed by atoms with Crippen molar-refractivity contribution in [2.24, 2.45) is 0 Å². The van der Waals surface area contributed by atoms with Gasteiger partial charge in [0.05, 0.1) is 6.08 Å². The van der Waals surface area contributed by atoms with E-state index in [2.05, 4.69) is 11.4 Å². The number of amides is 1. The standard InChI is InChI=1S/C5H6NO/c1-3-4-5(7)6-2/h2-4H,1H3/q+1/b4-3+. The van der Waals surface area contributed by atoms with Crippen LogP contribution in [-0.4, -0.2) is 5.91 Å². The molecule has 0 saturated carbocycles. The first-order chi connectivity index (χ1) is 3.31. The first-order valence-corrected chi connectivity index (χ1v) is 1.89. The Balaban J connectivity index is 3.66. The molecule has 0 aliphatic rings. The molecule has 2 heteroatoms. The molecule has 0 atom stereocenters.